The Morgan fingerprint density at radius 2 is 2.14 bits per heavy atom. The molecule has 154 valence electrons. The van der Waals surface area contributed by atoms with E-state index in [9.17, 15) is 4.79 Å². The van der Waals surface area contributed by atoms with Crippen molar-refractivity contribution < 1.29 is 9.53 Å². The van der Waals surface area contributed by atoms with Crippen molar-refractivity contribution in [3.05, 3.63) is 41.3 Å². The van der Waals surface area contributed by atoms with Crippen LogP contribution in [-0.2, 0) is 11.3 Å². The summed E-state index contributed by atoms with van der Waals surface area (Å²) >= 11 is 1.52. The molecular formula is C21H27N5O2S. The van der Waals surface area contributed by atoms with Crippen LogP contribution >= 0.6 is 11.3 Å². The van der Waals surface area contributed by atoms with Crippen molar-refractivity contribution in [3.8, 4) is 22.1 Å². The van der Waals surface area contributed by atoms with Gasteiger partial charge in [-0.2, -0.15) is 0 Å². The van der Waals surface area contributed by atoms with Crippen molar-refractivity contribution in [3.63, 3.8) is 0 Å². The first kappa shape index (κ1) is 21.1. The van der Waals surface area contributed by atoms with Crippen LogP contribution in [0.2, 0.25) is 0 Å². The van der Waals surface area contributed by atoms with Gasteiger partial charge >= 0.3 is 0 Å². The number of carbonyl (C=O) groups is 1. The zero-order chi connectivity index (χ0) is 20.8. The molecule has 1 N–H and O–H groups in total. The van der Waals surface area contributed by atoms with Gasteiger partial charge in [0.05, 0.1) is 23.1 Å². The summed E-state index contributed by atoms with van der Waals surface area (Å²) in [5.74, 6) is 0.350. The lowest BCUT2D eigenvalue weighted by atomic mass is 10.2. The highest BCUT2D eigenvalue weighted by Gasteiger charge is 2.20. The van der Waals surface area contributed by atoms with Gasteiger partial charge in [0, 0.05) is 50.3 Å². The first-order chi connectivity index (χ1) is 14.0. The molecule has 0 spiro atoms. The summed E-state index contributed by atoms with van der Waals surface area (Å²) < 4.78 is 7.36. The number of ether oxygens (including phenoxy) is 1. The molecule has 0 atom stereocenters. The molecule has 0 radical (unpaired) electrons. The van der Waals surface area contributed by atoms with Gasteiger partial charge < -0.3 is 14.6 Å². The third-order valence-electron chi connectivity index (χ3n) is 4.56. The van der Waals surface area contributed by atoms with Gasteiger partial charge in [-0.1, -0.05) is 13.8 Å². The van der Waals surface area contributed by atoms with Crippen molar-refractivity contribution in [2.24, 2.45) is 5.92 Å². The van der Waals surface area contributed by atoms with Crippen molar-refractivity contribution in [1.82, 2.24) is 24.8 Å². The second-order valence-corrected chi connectivity index (χ2v) is 8.12. The van der Waals surface area contributed by atoms with Crippen LogP contribution in [0.5, 0.6) is 0 Å². The van der Waals surface area contributed by atoms with E-state index >= 15 is 0 Å². The fraction of sp³-hybridized carbons (Fsp3) is 0.429. The molecule has 0 unspecified atom stereocenters. The third kappa shape index (κ3) is 5.07. The van der Waals surface area contributed by atoms with E-state index in [1.54, 1.807) is 25.7 Å². The molecule has 8 heteroatoms. The van der Waals surface area contributed by atoms with Crippen molar-refractivity contribution in [2.45, 2.75) is 33.7 Å². The summed E-state index contributed by atoms with van der Waals surface area (Å²) in [6.45, 7) is 8.21. The summed E-state index contributed by atoms with van der Waals surface area (Å²) in [7, 11) is 1.70. The Hall–Kier alpha value is -2.58. The molecule has 0 aliphatic heterocycles. The standard InChI is InChI=1S/C21H27N5O2S/c1-14(2)11-24-20(27)16-10-19(26(15(16)3)8-5-9-28-4)18-13-29-21(25-18)17-12-22-6-7-23-17/h6-7,10,12-14H,5,8-9,11H2,1-4H3,(H,24,27). The Morgan fingerprint density at radius 3 is 2.83 bits per heavy atom. The molecule has 0 aliphatic carbocycles. The number of hydrogen-bond donors (Lipinski definition) is 1. The van der Waals surface area contributed by atoms with Crippen molar-refractivity contribution in [2.75, 3.05) is 20.3 Å². The number of methoxy groups -OCH3 is 1. The van der Waals surface area contributed by atoms with E-state index in [1.165, 1.54) is 11.3 Å². The molecular weight excluding hydrogens is 386 g/mol. The van der Waals surface area contributed by atoms with E-state index in [0.717, 1.165) is 40.7 Å². The molecule has 0 saturated heterocycles. The third-order valence-corrected chi connectivity index (χ3v) is 5.43. The Labute approximate surface area is 175 Å². The fourth-order valence-electron chi connectivity index (χ4n) is 3.05. The van der Waals surface area contributed by atoms with E-state index in [1.807, 2.05) is 18.4 Å². The summed E-state index contributed by atoms with van der Waals surface area (Å²) in [4.78, 5) is 25.9. The highest BCUT2D eigenvalue weighted by Crippen LogP contribution is 2.30. The lowest BCUT2D eigenvalue weighted by molar-refractivity contribution is 0.0948. The monoisotopic (exact) mass is 413 g/mol. The van der Waals surface area contributed by atoms with Crippen molar-refractivity contribution >= 4 is 17.2 Å². The zero-order valence-electron chi connectivity index (χ0n) is 17.3. The molecule has 0 aromatic carbocycles. The number of rotatable bonds is 9. The van der Waals surface area contributed by atoms with E-state index in [-0.39, 0.29) is 5.91 Å². The largest absolute Gasteiger partial charge is 0.385 e. The van der Waals surface area contributed by atoms with E-state index in [4.69, 9.17) is 9.72 Å². The number of hydrogen-bond acceptors (Lipinski definition) is 6. The normalized spacial score (nSPS) is 11.2. The van der Waals surface area contributed by atoms with Gasteiger partial charge in [0.15, 0.2) is 0 Å². The molecule has 3 heterocycles. The minimum Gasteiger partial charge on any atom is -0.385 e. The average molecular weight is 414 g/mol. The van der Waals surface area contributed by atoms with Crippen LogP contribution in [0.25, 0.3) is 22.1 Å². The van der Waals surface area contributed by atoms with Gasteiger partial charge in [0.2, 0.25) is 0 Å². The van der Waals surface area contributed by atoms with Crippen LogP contribution in [-0.4, -0.2) is 45.7 Å². The average Bonchev–Trinajstić information content (AvgIpc) is 3.32. The van der Waals surface area contributed by atoms with E-state index in [2.05, 4.69) is 33.7 Å². The van der Waals surface area contributed by atoms with Gasteiger partial charge in [-0.05, 0) is 25.3 Å². The zero-order valence-corrected chi connectivity index (χ0v) is 18.1. The molecule has 0 saturated carbocycles. The van der Waals surface area contributed by atoms with E-state index < -0.39 is 0 Å². The SMILES string of the molecule is COCCCn1c(-c2csc(-c3cnccn3)n2)cc(C(=O)NCC(C)C)c1C. The minimum absolute atomic E-state index is 0.0488. The Bertz CT molecular complexity index is 949. The Balaban J connectivity index is 1.95. The van der Waals surface area contributed by atoms with Gasteiger partial charge in [-0.25, -0.2) is 4.98 Å². The number of thiazole rings is 1. The first-order valence-electron chi connectivity index (χ1n) is 9.70. The number of amides is 1. The van der Waals surface area contributed by atoms with Crippen LogP contribution in [0, 0.1) is 12.8 Å². The van der Waals surface area contributed by atoms with Gasteiger partial charge in [-0.3, -0.25) is 14.8 Å². The maximum absolute atomic E-state index is 12.7. The maximum Gasteiger partial charge on any atom is 0.253 e. The Kier molecular flexibility index (Phi) is 7.11. The molecule has 1 amide bonds. The maximum atomic E-state index is 12.7. The number of carbonyl (C=O) groups excluding carboxylic acids is 1. The van der Waals surface area contributed by atoms with Crippen LogP contribution in [0.3, 0.4) is 0 Å². The predicted molar refractivity (Wildman–Crippen MR) is 115 cm³/mol. The van der Waals surface area contributed by atoms with Gasteiger partial charge in [0.25, 0.3) is 5.91 Å². The lowest BCUT2D eigenvalue weighted by Crippen LogP contribution is -2.27. The summed E-state index contributed by atoms with van der Waals surface area (Å²) in [6, 6.07) is 1.94. The molecule has 0 aliphatic rings. The second kappa shape index (κ2) is 9.76. The lowest BCUT2D eigenvalue weighted by Gasteiger charge is -2.11. The smallest absolute Gasteiger partial charge is 0.253 e. The Morgan fingerprint density at radius 1 is 1.31 bits per heavy atom. The van der Waals surface area contributed by atoms with E-state index in [0.29, 0.717) is 24.6 Å². The highest BCUT2D eigenvalue weighted by atomic mass is 32.1. The molecule has 0 fully saturated rings. The molecule has 3 rings (SSSR count). The predicted octanol–water partition coefficient (Wildman–Crippen LogP) is 3.80. The van der Waals surface area contributed by atoms with Crippen LogP contribution < -0.4 is 5.32 Å². The number of nitrogens with one attached hydrogen (secondary N) is 1. The van der Waals surface area contributed by atoms with Crippen molar-refractivity contribution in [1.29, 1.82) is 0 Å². The second-order valence-electron chi connectivity index (χ2n) is 7.26. The molecule has 3 aromatic rings. The first-order valence-corrected chi connectivity index (χ1v) is 10.6. The molecule has 0 bridgehead atoms. The fourth-order valence-corrected chi connectivity index (χ4v) is 3.83. The van der Waals surface area contributed by atoms with Gasteiger partial charge in [0.1, 0.15) is 10.7 Å². The topological polar surface area (TPSA) is 81.9 Å². The van der Waals surface area contributed by atoms with Crippen LogP contribution in [0.15, 0.2) is 30.0 Å². The number of aromatic nitrogens is 4. The summed E-state index contributed by atoms with van der Waals surface area (Å²) in [5, 5.41) is 5.82. The van der Waals surface area contributed by atoms with Crippen LogP contribution in [0.4, 0.5) is 0 Å². The number of nitrogens with zero attached hydrogens (tertiary/aromatic N) is 4. The molecule has 7 nitrogen and oxygen atoms in total. The summed E-state index contributed by atoms with van der Waals surface area (Å²) in [6.07, 6.45) is 5.86. The van der Waals surface area contributed by atoms with Crippen LogP contribution in [0.1, 0.15) is 36.3 Å². The van der Waals surface area contributed by atoms with Gasteiger partial charge in [-0.15, -0.1) is 11.3 Å². The molecule has 29 heavy (non-hydrogen) atoms. The minimum atomic E-state index is -0.0488. The molecule has 3 aromatic heterocycles. The summed E-state index contributed by atoms with van der Waals surface area (Å²) in [5.41, 5.74) is 4.13. The quantitative estimate of drug-likeness (QED) is 0.540. The highest BCUT2D eigenvalue weighted by molar-refractivity contribution is 7.13.